The van der Waals surface area contributed by atoms with Gasteiger partial charge in [-0.25, -0.2) is 0 Å². The molecule has 3 aliphatic carbocycles. The summed E-state index contributed by atoms with van der Waals surface area (Å²) in [6.45, 7) is 1.65. The Kier molecular flexibility index (Phi) is 1.96. The van der Waals surface area contributed by atoms with Gasteiger partial charge in [0, 0.05) is 19.1 Å². The largest absolute Gasteiger partial charge is 0.481 e. The van der Waals surface area contributed by atoms with Crippen LogP contribution in [0.15, 0.2) is 0 Å². The van der Waals surface area contributed by atoms with Gasteiger partial charge in [-0.2, -0.15) is 0 Å². The molecule has 3 N–H and O–H groups in total. The van der Waals surface area contributed by atoms with Crippen molar-refractivity contribution in [2.45, 2.75) is 37.3 Å². The highest BCUT2D eigenvalue weighted by molar-refractivity contribution is 5.69. The maximum absolute atomic E-state index is 10.9. The molecule has 17 heavy (non-hydrogen) atoms. The van der Waals surface area contributed by atoms with Gasteiger partial charge in [0.05, 0.1) is 12.0 Å². The van der Waals surface area contributed by atoms with E-state index in [4.69, 9.17) is 5.11 Å². The molecule has 4 fully saturated rings. The van der Waals surface area contributed by atoms with Crippen LogP contribution in [0.4, 0.5) is 0 Å². The first-order chi connectivity index (χ1) is 8.19. The highest BCUT2D eigenvalue weighted by atomic mass is 16.4. The van der Waals surface area contributed by atoms with Gasteiger partial charge in [-0.1, -0.05) is 0 Å². The molecular formula is C13H20N2O2. The molecule has 0 amide bonds. The van der Waals surface area contributed by atoms with Crippen LogP contribution < -0.4 is 10.6 Å². The van der Waals surface area contributed by atoms with Gasteiger partial charge in [-0.15, -0.1) is 0 Å². The Morgan fingerprint density at radius 2 is 1.94 bits per heavy atom. The third-order valence-electron chi connectivity index (χ3n) is 5.62. The zero-order valence-corrected chi connectivity index (χ0v) is 9.98. The molecule has 94 valence electrons. The SMILES string of the molecule is O=C(O)CC1(NC2C3C4CCC(C4)C23)CNC1. The molecule has 4 atom stereocenters. The maximum Gasteiger partial charge on any atom is 0.305 e. The number of aliphatic carboxylic acids is 1. The first-order valence-corrected chi connectivity index (χ1v) is 6.89. The van der Waals surface area contributed by atoms with Gasteiger partial charge in [-0.05, 0) is 42.9 Å². The molecule has 0 aromatic carbocycles. The zero-order chi connectivity index (χ0) is 11.6. The van der Waals surface area contributed by atoms with Gasteiger partial charge in [0.15, 0.2) is 0 Å². The van der Waals surface area contributed by atoms with Crippen LogP contribution in [0, 0.1) is 23.7 Å². The van der Waals surface area contributed by atoms with Crippen LogP contribution in [0.2, 0.25) is 0 Å². The van der Waals surface area contributed by atoms with E-state index in [0.29, 0.717) is 6.04 Å². The Hall–Kier alpha value is -0.610. The Labute approximate surface area is 101 Å². The Balaban J connectivity index is 1.43. The molecule has 3 saturated carbocycles. The fraction of sp³-hybridized carbons (Fsp3) is 0.923. The van der Waals surface area contributed by atoms with E-state index in [1.54, 1.807) is 0 Å². The summed E-state index contributed by atoms with van der Waals surface area (Å²) < 4.78 is 0. The quantitative estimate of drug-likeness (QED) is 0.663. The van der Waals surface area contributed by atoms with Crippen molar-refractivity contribution in [3.63, 3.8) is 0 Å². The van der Waals surface area contributed by atoms with E-state index >= 15 is 0 Å². The number of hydrogen-bond donors (Lipinski definition) is 3. The predicted octanol–water partition coefficient (Wildman–Crippen LogP) is 0.437. The monoisotopic (exact) mass is 236 g/mol. The second-order valence-electron chi connectivity index (χ2n) is 6.61. The molecule has 1 heterocycles. The molecule has 4 unspecified atom stereocenters. The summed E-state index contributed by atoms with van der Waals surface area (Å²) in [7, 11) is 0. The molecule has 1 saturated heterocycles. The van der Waals surface area contributed by atoms with Crippen LogP contribution in [0.25, 0.3) is 0 Å². The molecule has 4 heteroatoms. The summed E-state index contributed by atoms with van der Waals surface area (Å²) in [6.07, 6.45) is 4.57. The van der Waals surface area contributed by atoms with Gasteiger partial charge in [0.2, 0.25) is 0 Å². The molecule has 4 aliphatic rings. The van der Waals surface area contributed by atoms with E-state index < -0.39 is 5.97 Å². The van der Waals surface area contributed by atoms with E-state index in [0.717, 1.165) is 36.8 Å². The van der Waals surface area contributed by atoms with Crippen molar-refractivity contribution < 1.29 is 9.90 Å². The third kappa shape index (κ3) is 1.40. The predicted molar refractivity (Wildman–Crippen MR) is 62.6 cm³/mol. The smallest absolute Gasteiger partial charge is 0.305 e. The van der Waals surface area contributed by atoms with Crippen LogP contribution in [0.3, 0.4) is 0 Å². The summed E-state index contributed by atoms with van der Waals surface area (Å²) in [5.41, 5.74) is -0.139. The molecule has 1 aliphatic heterocycles. The van der Waals surface area contributed by atoms with Gasteiger partial charge in [0.25, 0.3) is 0 Å². The molecule has 4 nitrogen and oxygen atoms in total. The lowest BCUT2D eigenvalue weighted by Crippen LogP contribution is -2.69. The van der Waals surface area contributed by atoms with Gasteiger partial charge >= 0.3 is 5.97 Å². The summed E-state index contributed by atoms with van der Waals surface area (Å²) in [4.78, 5) is 10.9. The Bertz CT molecular complexity index is 350. The average molecular weight is 236 g/mol. The zero-order valence-electron chi connectivity index (χ0n) is 9.98. The fourth-order valence-electron chi connectivity index (χ4n) is 4.87. The average Bonchev–Trinajstić information content (AvgIpc) is 2.65. The van der Waals surface area contributed by atoms with Crippen molar-refractivity contribution in [3.8, 4) is 0 Å². The van der Waals surface area contributed by atoms with Crippen LogP contribution >= 0.6 is 0 Å². The number of rotatable bonds is 4. The van der Waals surface area contributed by atoms with Gasteiger partial charge in [0.1, 0.15) is 0 Å². The second kappa shape index (κ2) is 3.23. The standard InChI is InChI=1S/C13H20N2O2/c16-9(17)4-13(5-14-6-13)15-12-10-7-1-2-8(3-7)11(10)12/h7-8,10-12,14-15H,1-6H2,(H,16,17). The molecular weight excluding hydrogens is 216 g/mol. The minimum absolute atomic E-state index is 0.139. The highest BCUT2D eigenvalue weighted by Gasteiger charge is 2.66. The molecule has 0 aromatic rings. The number of carbonyl (C=O) groups is 1. The fourth-order valence-corrected chi connectivity index (χ4v) is 4.87. The van der Waals surface area contributed by atoms with Crippen molar-refractivity contribution >= 4 is 5.97 Å². The first-order valence-electron chi connectivity index (χ1n) is 6.89. The molecule has 4 rings (SSSR count). The highest BCUT2D eigenvalue weighted by Crippen LogP contribution is 2.66. The topological polar surface area (TPSA) is 61.4 Å². The third-order valence-corrected chi connectivity index (χ3v) is 5.62. The molecule has 0 radical (unpaired) electrons. The number of nitrogens with one attached hydrogen (secondary N) is 2. The van der Waals surface area contributed by atoms with Crippen molar-refractivity contribution in [1.29, 1.82) is 0 Å². The molecule has 0 aromatic heterocycles. The summed E-state index contributed by atoms with van der Waals surface area (Å²) >= 11 is 0. The van der Waals surface area contributed by atoms with E-state index in [1.807, 2.05) is 0 Å². The number of hydrogen-bond acceptors (Lipinski definition) is 3. The van der Waals surface area contributed by atoms with Crippen molar-refractivity contribution in [3.05, 3.63) is 0 Å². The minimum atomic E-state index is -0.673. The number of fused-ring (bicyclic) bond motifs is 5. The Morgan fingerprint density at radius 1 is 1.29 bits per heavy atom. The summed E-state index contributed by atoms with van der Waals surface area (Å²) in [6, 6.07) is 0.641. The van der Waals surface area contributed by atoms with Crippen molar-refractivity contribution in [2.24, 2.45) is 23.7 Å². The second-order valence-corrected chi connectivity index (χ2v) is 6.61. The van der Waals surface area contributed by atoms with Crippen molar-refractivity contribution in [2.75, 3.05) is 13.1 Å². The van der Waals surface area contributed by atoms with E-state index in [-0.39, 0.29) is 12.0 Å². The molecule has 0 spiro atoms. The van der Waals surface area contributed by atoms with Gasteiger partial charge in [-0.3, -0.25) is 4.79 Å². The number of carboxylic acids is 1. The lowest BCUT2D eigenvalue weighted by atomic mass is 9.87. The van der Waals surface area contributed by atoms with Gasteiger partial charge < -0.3 is 15.7 Å². The van der Waals surface area contributed by atoms with Crippen molar-refractivity contribution in [1.82, 2.24) is 10.6 Å². The van der Waals surface area contributed by atoms with Crippen LogP contribution in [0.1, 0.15) is 25.7 Å². The van der Waals surface area contributed by atoms with E-state index in [9.17, 15) is 4.79 Å². The van der Waals surface area contributed by atoms with E-state index in [2.05, 4.69) is 10.6 Å². The summed E-state index contributed by atoms with van der Waals surface area (Å²) in [5, 5.41) is 15.9. The normalized spacial score (nSPS) is 48.6. The van der Waals surface area contributed by atoms with E-state index in [1.165, 1.54) is 19.3 Å². The lowest BCUT2D eigenvalue weighted by molar-refractivity contribution is -0.139. The summed E-state index contributed by atoms with van der Waals surface area (Å²) in [5.74, 6) is 3.02. The first kappa shape index (κ1) is 10.3. The van der Waals surface area contributed by atoms with Crippen LogP contribution in [-0.2, 0) is 4.79 Å². The minimum Gasteiger partial charge on any atom is -0.481 e. The van der Waals surface area contributed by atoms with Crippen LogP contribution in [0.5, 0.6) is 0 Å². The van der Waals surface area contributed by atoms with Crippen LogP contribution in [-0.4, -0.2) is 35.7 Å². The maximum atomic E-state index is 10.9. The Morgan fingerprint density at radius 3 is 2.41 bits per heavy atom. The lowest BCUT2D eigenvalue weighted by Gasteiger charge is -2.43. The molecule has 2 bridgehead atoms. The number of carboxylic acid groups (broad SMARTS) is 1.